The molecule has 0 atom stereocenters. The van der Waals surface area contributed by atoms with Crippen LogP contribution >= 0.6 is 11.6 Å². The van der Waals surface area contributed by atoms with Crippen LogP contribution in [0.15, 0.2) is 52.8 Å². The second-order valence-electron chi connectivity index (χ2n) is 6.45. The lowest BCUT2D eigenvalue weighted by atomic mass is 10.1. The van der Waals surface area contributed by atoms with Crippen LogP contribution in [0.3, 0.4) is 0 Å². The minimum Gasteiger partial charge on any atom is -0.362 e. The third-order valence-corrected chi connectivity index (χ3v) is 4.67. The van der Waals surface area contributed by atoms with Crippen molar-refractivity contribution in [2.24, 2.45) is 5.10 Å². The number of alkyl halides is 3. The van der Waals surface area contributed by atoms with Gasteiger partial charge in [0.2, 0.25) is 0 Å². The van der Waals surface area contributed by atoms with Gasteiger partial charge in [0.15, 0.2) is 17.3 Å². The number of amides is 1. The van der Waals surface area contributed by atoms with Gasteiger partial charge in [0.1, 0.15) is 6.07 Å². The van der Waals surface area contributed by atoms with E-state index in [9.17, 15) is 23.2 Å². The fourth-order valence-electron chi connectivity index (χ4n) is 3.04. The van der Waals surface area contributed by atoms with Gasteiger partial charge >= 0.3 is 6.18 Å². The lowest BCUT2D eigenvalue weighted by Crippen LogP contribution is -2.40. The predicted octanol–water partition coefficient (Wildman–Crippen LogP) is 1.70. The van der Waals surface area contributed by atoms with Crippen molar-refractivity contribution < 1.29 is 18.0 Å². The van der Waals surface area contributed by atoms with E-state index in [0.717, 1.165) is 6.20 Å². The minimum absolute atomic E-state index is 0.0432. The zero-order valence-electron chi connectivity index (χ0n) is 16.0. The summed E-state index contributed by atoms with van der Waals surface area (Å²) in [5, 5.41) is 23.7. The Morgan fingerprint density at radius 3 is 2.84 bits per heavy atom. The molecule has 0 unspecified atom stereocenters. The van der Waals surface area contributed by atoms with Crippen molar-refractivity contribution >= 4 is 23.7 Å². The summed E-state index contributed by atoms with van der Waals surface area (Å²) in [4.78, 5) is 16.5. The van der Waals surface area contributed by atoms with Gasteiger partial charge in [-0.2, -0.15) is 33.8 Å². The number of allylic oxidation sites excluding steroid dienone is 2. The number of halogens is 4. The molecule has 3 N–H and O–H groups in total. The number of nitrogens with one attached hydrogen (secondary N) is 3. The molecule has 2 aliphatic heterocycles. The summed E-state index contributed by atoms with van der Waals surface area (Å²) in [7, 11) is 0. The molecule has 1 amide bonds. The molecule has 0 bridgehead atoms. The van der Waals surface area contributed by atoms with E-state index in [1.54, 1.807) is 6.21 Å². The Bertz CT molecular complexity index is 1210. The number of nitriles is 1. The number of hydrazine groups is 1. The molecule has 32 heavy (non-hydrogen) atoms. The number of rotatable bonds is 4. The van der Waals surface area contributed by atoms with E-state index in [1.807, 2.05) is 6.07 Å². The van der Waals surface area contributed by atoms with E-state index >= 15 is 0 Å². The Morgan fingerprint density at radius 2 is 2.19 bits per heavy atom. The van der Waals surface area contributed by atoms with Gasteiger partial charge in [-0.3, -0.25) is 4.79 Å². The number of carbonyl (C=O) groups is 1. The van der Waals surface area contributed by atoms with Crippen LogP contribution in [0, 0.1) is 11.3 Å². The molecule has 2 aliphatic rings. The lowest BCUT2D eigenvalue weighted by Gasteiger charge is -2.24. The molecule has 4 rings (SSSR count). The molecular formula is C18H13ClF3N9O. The second-order valence-corrected chi connectivity index (χ2v) is 6.86. The van der Waals surface area contributed by atoms with Gasteiger partial charge in [-0.05, 0) is 18.2 Å². The van der Waals surface area contributed by atoms with Gasteiger partial charge in [0.05, 0.1) is 35.4 Å². The molecule has 0 saturated heterocycles. The molecule has 0 radical (unpaired) electrons. The predicted molar refractivity (Wildman–Crippen MR) is 106 cm³/mol. The molecule has 0 saturated carbocycles. The molecule has 164 valence electrons. The minimum atomic E-state index is -4.92. The third-order valence-electron chi connectivity index (χ3n) is 4.38. The molecule has 0 aliphatic carbocycles. The van der Waals surface area contributed by atoms with Crippen LogP contribution in [0.25, 0.3) is 5.82 Å². The Balaban J connectivity index is 1.65. The first-order valence-electron chi connectivity index (χ1n) is 9.02. The third kappa shape index (κ3) is 4.01. The van der Waals surface area contributed by atoms with E-state index in [1.165, 1.54) is 29.5 Å². The highest BCUT2D eigenvalue weighted by Gasteiger charge is 2.41. The van der Waals surface area contributed by atoms with Gasteiger partial charge in [0, 0.05) is 18.1 Å². The Morgan fingerprint density at radius 1 is 1.38 bits per heavy atom. The van der Waals surface area contributed by atoms with Crippen molar-refractivity contribution in [1.29, 1.82) is 5.26 Å². The van der Waals surface area contributed by atoms with Crippen LogP contribution in [0.4, 0.5) is 13.2 Å². The summed E-state index contributed by atoms with van der Waals surface area (Å²) in [5.41, 5.74) is 1.16. The summed E-state index contributed by atoms with van der Waals surface area (Å²) < 4.78 is 41.9. The van der Waals surface area contributed by atoms with Gasteiger partial charge in [0.25, 0.3) is 5.91 Å². The monoisotopic (exact) mass is 463 g/mol. The molecule has 0 spiro atoms. The summed E-state index contributed by atoms with van der Waals surface area (Å²) in [6.07, 6.45) is 0.0676. The van der Waals surface area contributed by atoms with Crippen LogP contribution in [-0.4, -0.2) is 45.1 Å². The van der Waals surface area contributed by atoms with Crippen molar-refractivity contribution in [1.82, 2.24) is 35.9 Å². The van der Waals surface area contributed by atoms with Gasteiger partial charge < -0.3 is 10.6 Å². The van der Waals surface area contributed by atoms with Crippen LogP contribution in [0.5, 0.6) is 0 Å². The van der Waals surface area contributed by atoms with Gasteiger partial charge in [-0.15, -0.1) is 0 Å². The molecule has 4 heterocycles. The van der Waals surface area contributed by atoms with Crippen molar-refractivity contribution in [3.63, 3.8) is 0 Å². The van der Waals surface area contributed by atoms with E-state index in [-0.39, 0.29) is 28.7 Å². The smallest absolute Gasteiger partial charge is 0.362 e. The van der Waals surface area contributed by atoms with Crippen LogP contribution in [0.2, 0.25) is 5.02 Å². The van der Waals surface area contributed by atoms with E-state index in [4.69, 9.17) is 11.6 Å². The van der Waals surface area contributed by atoms with Crippen LogP contribution in [-0.2, 0) is 6.18 Å². The first-order chi connectivity index (χ1) is 15.3. The van der Waals surface area contributed by atoms with Gasteiger partial charge in [-0.1, -0.05) is 11.6 Å². The largest absolute Gasteiger partial charge is 0.434 e. The van der Waals surface area contributed by atoms with E-state index < -0.39 is 23.3 Å². The second kappa shape index (κ2) is 8.33. The summed E-state index contributed by atoms with van der Waals surface area (Å²) in [5.74, 6) is -0.966. The molecule has 0 fully saturated rings. The molecule has 14 heteroatoms. The molecule has 2 aromatic rings. The van der Waals surface area contributed by atoms with Crippen molar-refractivity contribution in [3.05, 3.63) is 64.0 Å². The number of hydrogen-bond donors (Lipinski definition) is 3. The number of nitrogens with zero attached hydrogens (tertiary/aromatic N) is 6. The first kappa shape index (κ1) is 21.3. The highest BCUT2D eigenvalue weighted by molar-refractivity contribution is 6.32. The summed E-state index contributed by atoms with van der Waals surface area (Å²) in [6, 6.07) is 4.77. The number of hydrazone groups is 1. The average molecular weight is 464 g/mol. The summed E-state index contributed by atoms with van der Waals surface area (Å²) >= 11 is 5.96. The van der Waals surface area contributed by atoms with Crippen LogP contribution < -0.4 is 16.1 Å². The maximum atomic E-state index is 13.8. The number of aromatic nitrogens is 3. The maximum Gasteiger partial charge on any atom is 0.434 e. The first-order valence-corrected chi connectivity index (χ1v) is 9.39. The Labute approximate surface area is 183 Å². The van der Waals surface area contributed by atoms with Crippen molar-refractivity contribution in [2.75, 3.05) is 13.1 Å². The molecule has 10 nitrogen and oxygen atoms in total. The number of pyridine rings is 1. The fourth-order valence-corrected chi connectivity index (χ4v) is 3.25. The van der Waals surface area contributed by atoms with Gasteiger partial charge in [-0.25, -0.2) is 15.1 Å². The standard InChI is InChI=1S/C18H13ClF3N9O/c19-13-2-1-3-24-16(13)30-14(18(20,21)22)12(9-28-30)17(32)29-11-6-10(7-23)15(25-8-11)31-26-4-5-27-31/h1-4,6,9,25,27H,5,8H2,(H,29,32). The van der Waals surface area contributed by atoms with Crippen LogP contribution in [0.1, 0.15) is 16.1 Å². The Kier molecular flexibility index (Phi) is 5.56. The average Bonchev–Trinajstić information content (AvgIpc) is 3.44. The highest BCUT2D eigenvalue weighted by Crippen LogP contribution is 2.34. The molecule has 2 aromatic heterocycles. The maximum absolute atomic E-state index is 13.8. The Hall–Kier alpha value is -3.89. The quantitative estimate of drug-likeness (QED) is 0.630. The van der Waals surface area contributed by atoms with E-state index in [0.29, 0.717) is 17.0 Å². The van der Waals surface area contributed by atoms with Crippen molar-refractivity contribution in [2.45, 2.75) is 6.18 Å². The molecule has 0 aromatic carbocycles. The molecular weight excluding hydrogens is 451 g/mol. The number of dihydropyridines is 1. The normalized spacial score (nSPS) is 16.0. The SMILES string of the molecule is N#CC1=C(N2N=CCN2)NCC(NC(=O)c2cnn(-c3ncccc3Cl)c2C(F)(F)F)=C1. The lowest BCUT2D eigenvalue weighted by molar-refractivity contribution is -0.143. The number of carbonyl (C=O) groups excluding carboxylic acids is 1. The summed E-state index contributed by atoms with van der Waals surface area (Å²) in [6.45, 7) is 0.517. The highest BCUT2D eigenvalue weighted by atomic mass is 35.5. The topological polar surface area (TPSA) is 123 Å². The zero-order valence-corrected chi connectivity index (χ0v) is 16.7. The zero-order chi connectivity index (χ0) is 22.9. The number of hydrogen-bond acceptors (Lipinski definition) is 8. The van der Waals surface area contributed by atoms with E-state index in [2.05, 4.69) is 31.2 Å². The fraction of sp³-hybridized carbons (Fsp3) is 0.167. The van der Waals surface area contributed by atoms with Crippen molar-refractivity contribution in [3.8, 4) is 11.9 Å².